The largest absolute Gasteiger partial charge is 0.461 e. The molecule has 10 atom stereocenters. The van der Waals surface area contributed by atoms with Crippen molar-refractivity contribution >= 4 is 21.9 Å². The zero-order chi connectivity index (χ0) is 20.3. The number of rotatable bonds is 3. The third kappa shape index (κ3) is 3.00. The summed E-state index contributed by atoms with van der Waals surface area (Å²) in [5.74, 6) is 1.01. The first-order valence-corrected chi connectivity index (χ1v) is 11.8. The molecule has 0 aromatic heterocycles. The Hall–Kier alpha value is -0.170. The lowest BCUT2D eigenvalue weighted by atomic mass is 9.44. The highest BCUT2D eigenvalue weighted by molar-refractivity contribution is 9.09. The Labute approximate surface area is 176 Å². The third-order valence-corrected chi connectivity index (χ3v) is 10.0. The van der Waals surface area contributed by atoms with E-state index in [-0.39, 0.29) is 46.9 Å². The first kappa shape index (κ1) is 21.1. The summed E-state index contributed by atoms with van der Waals surface area (Å²) in [6.45, 7) is 3.89. The highest BCUT2D eigenvalue weighted by Gasteiger charge is 2.66. The number of halogens is 1. The number of alkyl halides is 1. The van der Waals surface area contributed by atoms with Gasteiger partial charge in [0.05, 0.1) is 23.6 Å². The maximum Gasteiger partial charge on any atom is 0.302 e. The molecule has 6 heteroatoms. The number of carbonyl (C=O) groups excluding carboxylic acids is 1. The van der Waals surface area contributed by atoms with Crippen LogP contribution in [-0.2, 0) is 14.3 Å². The molecule has 0 bridgehead atoms. The van der Waals surface area contributed by atoms with Gasteiger partial charge in [-0.2, -0.15) is 0 Å². The second-order valence-electron chi connectivity index (χ2n) is 10.1. The molecule has 4 aliphatic carbocycles. The van der Waals surface area contributed by atoms with Crippen LogP contribution >= 0.6 is 15.9 Å². The molecule has 0 amide bonds. The van der Waals surface area contributed by atoms with Gasteiger partial charge in [0, 0.05) is 19.4 Å². The van der Waals surface area contributed by atoms with E-state index in [2.05, 4.69) is 22.9 Å². The van der Waals surface area contributed by atoms with E-state index in [0.29, 0.717) is 17.9 Å². The summed E-state index contributed by atoms with van der Waals surface area (Å²) in [5.41, 5.74) is -0.212. The molecule has 0 aliphatic heterocycles. The number of hydrogen-bond donors (Lipinski definition) is 2. The van der Waals surface area contributed by atoms with Crippen molar-refractivity contribution in [1.29, 1.82) is 0 Å². The van der Waals surface area contributed by atoms with Gasteiger partial charge in [-0.15, -0.1) is 0 Å². The molecule has 160 valence electrons. The van der Waals surface area contributed by atoms with Crippen LogP contribution in [-0.4, -0.2) is 53.0 Å². The average molecular weight is 459 g/mol. The minimum Gasteiger partial charge on any atom is -0.461 e. The topological polar surface area (TPSA) is 76.0 Å². The molecule has 0 saturated heterocycles. The van der Waals surface area contributed by atoms with Crippen LogP contribution in [0.1, 0.15) is 58.8 Å². The predicted molar refractivity (Wildman–Crippen MR) is 109 cm³/mol. The van der Waals surface area contributed by atoms with Gasteiger partial charge in [-0.3, -0.25) is 4.79 Å². The Morgan fingerprint density at radius 2 is 1.93 bits per heavy atom. The van der Waals surface area contributed by atoms with Gasteiger partial charge >= 0.3 is 5.97 Å². The number of carbonyl (C=O) groups is 1. The van der Waals surface area contributed by atoms with Crippen molar-refractivity contribution in [3.8, 4) is 0 Å². The van der Waals surface area contributed by atoms with Crippen molar-refractivity contribution in [3.05, 3.63) is 0 Å². The molecule has 5 unspecified atom stereocenters. The highest BCUT2D eigenvalue weighted by Crippen LogP contribution is 2.67. The monoisotopic (exact) mass is 458 g/mol. The Balaban J connectivity index is 1.65. The van der Waals surface area contributed by atoms with Crippen molar-refractivity contribution < 1.29 is 24.5 Å². The Morgan fingerprint density at radius 1 is 1.18 bits per heavy atom. The van der Waals surface area contributed by atoms with E-state index in [4.69, 9.17) is 9.47 Å². The molecule has 5 nitrogen and oxygen atoms in total. The molecular formula is C22H35BrO5. The molecule has 4 saturated carbocycles. The number of aliphatic hydroxyl groups is 2. The van der Waals surface area contributed by atoms with Gasteiger partial charge in [0.15, 0.2) is 0 Å². The standard InChI is InChI=1S/C22H35BrO5/c1-12(25)28-20-17(23)10-16-19-15(5-7-22(16,20)11-24)21(2)6-4-14(27-3)8-13(21)9-18(19)26/h13-20,24,26H,4-11H2,1-3H3/t13?,14-,15?,16?,17+,18?,19?,20-,21-,22+/m0/s1. The van der Waals surface area contributed by atoms with Crippen LogP contribution in [0.25, 0.3) is 0 Å². The fourth-order valence-corrected chi connectivity index (χ4v) is 8.83. The summed E-state index contributed by atoms with van der Waals surface area (Å²) in [5, 5.41) is 21.8. The van der Waals surface area contributed by atoms with Crippen molar-refractivity contribution in [3.63, 3.8) is 0 Å². The molecule has 0 radical (unpaired) electrons. The second-order valence-corrected chi connectivity index (χ2v) is 11.3. The van der Waals surface area contributed by atoms with E-state index in [9.17, 15) is 15.0 Å². The molecule has 4 rings (SSSR count). The van der Waals surface area contributed by atoms with Crippen LogP contribution in [0.4, 0.5) is 0 Å². The molecule has 0 spiro atoms. The van der Waals surface area contributed by atoms with E-state index in [1.807, 2.05) is 0 Å². The number of fused-ring (bicyclic) bond motifs is 5. The van der Waals surface area contributed by atoms with Gasteiger partial charge in [-0.05, 0) is 74.0 Å². The summed E-state index contributed by atoms with van der Waals surface area (Å²) >= 11 is 3.75. The van der Waals surface area contributed by atoms with E-state index >= 15 is 0 Å². The van der Waals surface area contributed by atoms with Crippen LogP contribution < -0.4 is 0 Å². The number of hydrogen-bond acceptors (Lipinski definition) is 5. The fourth-order valence-electron chi connectivity index (χ4n) is 7.80. The Bertz CT molecular complexity index is 614. The van der Waals surface area contributed by atoms with Crippen LogP contribution in [0.3, 0.4) is 0 Å². The predicted octanol–water partition coefficient (Wildman–Crippen LogP) is 3.29. The molecule has 28 heavy (non-hydrogen) atoms. The van der Waals surface area contributed by atoms with Crippen LogP contribution in [0.2, 0.25) is 0 Å². The number of methoxy groups -OCH3 is 1. The highest BCUT2D eigenvalue weighted by atomic mass is 79.9. The maximum absolute atomic E-state index is 11.7. The SMILES string of the molecule is CO[C@H]1CC[C@@]2(C)C(CC(O)C3C2CC[C@@]2(CO)C3C[C@@H](Br)[C@@H]2OC(C)=O)C1. The summed E-state index contributed by atoms with van der Waals surface area (Å²) < 4.78 is 11.4. The lowest BCUT2D eigenvalue weighted by Gasteiger charge is -2.62. The summed E-state index contributed by atoms with van der Waals surface area (Å²) in [4.78, 5) is 11.8. The molecule has 4 fully saturated rings. The lowest BCUT2D eigenvalue weighted by molar-refractivity contribution is -0.195. The zero-order valence-electron chi connectivity index (χ0n) is 17.3. The van der Waals surface area contributed by atoms with Crippen molar-refractivity contribution in [2.24, 2.45) is 34.5 Å². The number of esters is 1. The number of ether oxygens (including phenoxy) is 2. The van der Waals surface area contributed by atoms with Gasteiger partial charge < -0.3 is 19.7 Å². The van der Waals surface area contributed by atoms with Gasteiger partial charge in [0.1, 0.15) is 6.10 Å². The van der Waals surface area contributed by atoms with Crippen molar-refractivity contribution in [2.45, 2.75) is 81.9 Å². The van der Waals surface area contributed by atoms with Crippen LogP contribution in [0.5, 0.6) is 0 Å². The van der Waals surface area contributed by atoms with Crippen LogP contribution in [0, 0.1) is 34.5 Å². The van der Waals surface area contributed by atoms with Gasteiger partial charge in [0.25, 0.3) is 0 Å². The Kier molecular flexibility index (Phi) is 5.65. The molecular weight excluding hydrogens is 424 g/mol. The second kappa shape index (κ2) is 7.51. The molecule has 0 heterocycles. The van der Waals surface area contributed by atoms with E-state index in [1.165, 1.54) is 6.92 Å². The molecule has 0 aromatic carbocycles. The third-order valence-electron chi connectivity index (χ3n) is 9.19. The maximum atomic E-state index is 11.7. The van der Waals surface area contributed by atoms with Gasteiger partial charge in [-0.25, -0.2) is 0 Å². The molecule has 0 aromatic rings. The molecule has 2 N–H and O–H groups in total. The van der Waals surface area contributed by atoms with Crippen molar-refractivity contribution in [1.82, 2.24) is 0 Å². The molecule has 4 aliphatic rings. The van der Waals surface area contributed by atoms with Gasteiger partial charge in [0.2, 0.25) is 0 Å². The van der Waals surface area contributed by atoms with Crippen molar-refractivity contribution in [2.75, 3.05) is 13.7 Å². The minimum absolute atomic E-state index is 0.0134. The minimum atomic E-state index is -0.436. The lowest BCUT2D eigenvalue weighted by Crippen LogP contribution is -2.60. The quantitative estimate of drug-likeness (QED) is 0.501. The van der Waals surface area contributed by atoms with E-state index in [0.717, 1.165) is 44.9 Å². The van der Waals surface area contributed by atoms with E-state index in [1.54, 1.807) is 7.11 Å². The summed E-state index contributed by atoms with van der Waals surface area (Å²) in [6, 6.07) is 0. The van der Waals surface area contributed by atoms with E-state index < -0.39 is 5.41 Å². The fraction of sp³-hybridized carbons (Fsp3) is 0.955. The summed E-state index contributed by atoms with van der Waals surface area (Å²) in [6.07, 6.45) is 6.43. The van der Waals surface area contributed by atoms with Gasteiger partial charge in [-0.1, -0.05) is 22.9 Å². The summed E-state index contributed by atoms with van der Waals surface area (Å²) in [7, 11) is 1.80. The first-order valence-electron chi connectivity index (χ1n) is 10.9. The average Bonchev–Trinajstić information content (AvgIpc) is 2.94. The van der Waals surface area contributed by atoms with Crippen LogP contribution in [0.15, 0.2) is 0 Å². The number of aliphatic hydroxyl groups excluding tert-OH is 2. The zero-order valence-corrected chi connectivity index (χ0v) is 18.9. The first-order chi connectivity index (χ1) is 13.3. The normalized spacial score (nSPS) is 53.1. The Morgan fingerprint density at radius 3 is 2.57 bits per heavy atom. The smallest absolute Gasteiger partial charge is 0.302 e.